The summed E-state index contributed by atoms with van der Waals surface area (Å²) in [5.74, 6) is 0. The highest BCUT2D eigenvalue weighted by molar-refractivity contribution is 5.95. The van der Waals surface area contributed by atoms with Gasteiger partial charge in [0.05, 0.1) is 28.0 Å². The molecule has 37 heavy (non-hydrogen) atoms. The van der Waals surface area contributed by atoms with E-state index in [-0.39, 0.29) is 17.3 Å². The number of hydrogen-bond donors (Lipinski definition) is 1. The molecule has 1 aliphatic rings. The van der Waals surface area contributed by atoms with Gasteiger partial charge in [-0.2, -0.15) is 26.3 Å². The van der Waals surface area contributed by atoms with Crippen LogP contribution < -0.4 is 5.32 Å². The molecule has 1 aromatic heterocycles. The number of fused-ring (bicyclic) bond motifs is 1. The van der Waals surface area contributed by atoms with Gasteiger partial charge in [0.2, 0.25) is 0 Å². The van der Waals surface area contributed by atoms with Crippen LogP contribution in [0.3, 0.4) is 0 Å². The van der Waals surface area contributed by atoms with Crippen LogP contribution in [0.15, 0.2) is 72.8 Å². The lowest BCUT2D eigenvalue weighted by Gasteiger charge is -2.17. The summed E-state index contributed by atoms with van der Waals surface area (Å²) in [6.07, 6.45) is -7.53. The fraction of sp³-hybridized carbons (Fsp3) is 0.250. The van der Waals surface area contributed by atoms with Gasteiger partial charge >= 0.3 is 12.4 Å². The summed E-state index contributed by atoms with van der Waals surface area (Å²) in [6, 6.07) is 17.8. The maximum Gasteiger partial charge on any atom is 0.416 e. The molecule has 0 bridgehead atoms. The van der Waals surface area contributed by atoms with Gasteiger partial charge in [-0.15, -0.1) is 0 Å². The average molecular weight is 516 g/mol. The molecule has 9 heteroatoms. The lowest BCUT2D eigenvalue weighted by molar-refractivity contribution is -0.143. The number of benzene rings is 3. The van der Waals surface area contributed by atoms with Crippen LogP contribution in [0.1, 0.15) is 29.5 Å². The van der Waals surface area contributed by atoms with Crippen LogP contribution >= 0.6 is 0 Å². The molecule has 5 rings (SSSR count). The molecule has 4 aromatic rings. The molecule has 0 radical (unpaired) electrons. The maximum absolute atomic E-state index is 13.5. The Balaban J connectivity index is 1.57. The van der Waals surface area contributed by atoms with E-state index < -0.39 is 23.5 Å². The number of hydrogen-bond acceptors (Lipinski definition) is 3. The average Bonchev–Trinajstić information content (AvgIpc) is 3.36. The predicted molar refractivity (Wildman–Crippen MR) is 131 cm³/mol. The van der Waals surface area contributed by atoms with Crippen LogP contribution in [0.4, 0.5) is 37.7 Å². The highest BCUT2D eigenvalue weighted by atomic mass is 19.4. The second-order valence-corrected chi connectivity index (χ2v) is 9.18. The van der Waals surface area contributed by atoms with Crippen molar-refractivity contribution in [1.29, 1.82) is 0 Å². The van der Waals surface area contributed by atoms with Crippen molar-refractivity contribution in [2.75, 3.05) is 18.4 Å². The van der Waals surface area contributed by atoms with Crippen molar-refractivity contribution in [3.63, 3.8) is 0 Å². The van der Waals surface area contributed by atoms with E-state index in [2.05, 4.69) is 15.2 Å². The van der Waals surface area contributed by atoms with E-state index >= 15 is 0 Å². The van der Waals surface area contributed by atoms with E-state index in [4.69, 9.17) is 0 Å². The smallest absolute Gasteiger partial charge is 0.355 e. The number of likely N-dealkylation sites (tertiary alicyclic amines) is 1. The second-order valence-electron chi connectivity index (χ2n) is 9.18. The molecular formula is C28H23F6N3. The van der Waals surface area contributed by atoms with E-state index in [0.29, 0.717) is 28.7 Å². The Labute approximate surface area is 209 Å². The van der Waals surface area contributed by atoms with Gasteiger partial charge in [-0.1, -0.05) is 30.3 Å². The number of anilines is 2. The van der Waals surface area contributed by atoms with Gasteiger partial charge in [0, 0.05) is 23.2 Å². The first-order valence-electron chi connectivity index (χ1n) is 11.8. The van der Waals surface area contributed by atoms with Crippen molar-refractivity contribution in [3.8, 4) is 11.3 Å². The Bertz CT molecular complexity index is 1390. The maximum atomic E-state index is 13.5. The zero-order chi connectivity index (χ0) is 26.2. The number of pyridine rings is 1. The van der Waals surface area contributed by atoms with Gasteiger partial charge in [0.15, 0.2) is 0 Å². The van der Waals surface area contributed by atoms with Crippen molar-refractivity contribution < 1.29 is 26.3 Å². The quantitative estimate of drug-likeness (QED) is 0.271. The summed E-state index contributed by atoms with van der Waals surface area (Å²) in [5, 5.41) is 4.00. The number of aromatic nitrogens is 1. The van der Waals surface area contributed by atoms with Crippen LogP contribution in [0.2, 0.25) is 0 Å². The summed E-state index contributed by atoms with van der Waals surface area (Å²) in [6.45, 7) is 2.90. The lowest BCUT2D eigenvalue weighted by atomic mass is 10.0. The third-order valence-corrected chi connectivity index (χ3v) is 6.41. The molecule has 2 heterocycles. The van der Waals surface area contributed by atoms with E-state index in [0.717, 1.165) is 30.9 Å². The molecule has 0 saturated carbocycles. The molecule has 192 valence electrons. The number of para-hydroxylation sites is 1. The Kier molecular flexibility index (Phi) is 6.58. The van der Waals surface area contributed by atoms with Crippen molar-refractivity contribution in [2.24, 2.45) is 0 Å². The van der Waals surface area contributed by atoms with E-state index in [1.807, 2.05) is 24.3 Å². The number of nitrogens with one attached hydrogen (secondary N) is 1. The van der Waals surface area contributed by atoms with E-state index in [9.17, 15) is 26.3 Å². The zero-order valence-electron chi connectivity index (χ0n) is 19.6. The molecule has 0 unspecified atom stereocenters. The molecule has 0 aliphatic carbocycles. The van der Waals surface area contributed by atoms with Crippen LogP contribution in [-0.4, -0.2) is 23.0 Å². The summed E-state index contributed by atoms with van der Waals surface area (Å²) < 4.78 is 80.7. The van der Waals surface area contributed by atoms with Crippen molar-refractivity contribution in [2.45, 2.75) is 31.7 Å². The number of halogens is 6. The minimum atomic E-state index is -4.94. The molecule has 0 atom stereocenters. The topological polar surface area (TPSA) is 28.2 Å². The molecule has 1 fully saturated rings. The standard InChI is InChI=1S/C28H23F6N3/c29-27(30,31)20-13-19(14-21(15-20)28(32,33)34)25-16-26(23-8-1-2-9-24(23)36-25)35-22-7-5-6-18(12-22)17-37-10-3-4-11-37/h1-2,5-9,12-16H,3-4,10-11,17H2,(H,35,36). The fourth-order valence-electron chi connectivity index (χ4n) is 4.63. The van der Waals surface area contributed by atoms with Crippen molar-refractivity contribution in [3.05, 3.63) is 89.5 Å². The Morgan fingerprint density at radius 3 is 2.11 bits per heavy atom. The SMILES string of the molecule is FC(F)(F)c1cc(-c2cc(Nc3cccc(CN4CCCC4)c3)c3ccccc3n2)cc(C(F)(F)F)c1. The van der Waals surface area contributed by atoms with E-state index in [1.54, 1.807) is 24.3 Å². The summed E-state index contributed by atoms with van der Waals surface area (Å²) in [7, 11) is 0. The zero-order valence-corrected chi connectivity index (χ0v) is 19.6. The third kappa shape index (κ3) is 5.72. The van der Waals surface area contributed by atoms with Crippen LogP contribution in [0.5, 0.6) is 0 Å². The van der Waals surface area contributed by atoms with Gasteiger partial charge < -0.3 is 5.32 Å². The minimum absolute atomic E-state index is 0.00558. The molecule has 1 N–H and O–H groups in total. The molecule has 1 aliphatic heterocycles. The number of nitrogens with zero attached hydrogens (tertiary/aromatic N) is 2. The highest BCUT2D eigenvalue weighted by Crippen LogP contribution is 2.39. The normalized spacial score (nSPS) is 14.9. The first kappa shape index (κ1) is 25.1. The first-order chi connectivity index (χ1) is 17.6. The molecule has 3 nitrogen and oxygen atoms in total. The Hall–Kier alpha value is -3.59. The molecule has 1 saturated heterocycles. The second kappa shape index (κ2) is 9.70. The molecule has 0 spiro atoms. The molecule has 0 amide bonds. The minimum Gasteiger partial charge on any atom is -0.355 e. The van der Waals surface area contributed by atoms with Crippen molar-refractivity contribution >= 4 is 22.3 Å². The number of rotatable bonds is 5. The third-order valence-electron chi connectivity index (χ3n) is 6.41. The van der Waals surface area contributed by atoms with Crippen LogP contribution in [0.25, 0.3) is 22.2 Å². The van der Waals surface area contributed by atoms with E-state index in [1.165, 1.54) is 18.9 Å². The Morgan fingerprint density at radius 1 is 0.757 bits per heavy atom. The van der Waals surface area contributed by atoms with Crippen LogP contribution in [-0.2, 0) is 18.9 Å². The van der Waals surface area contributed by atoms with Gasteiger partial charge in [0.1, 0.15) is 0 Å². The Morgan fingerprint density at radius 2 is 1.43 bits per heavy atom. The van der Waals surface area contributed by atoms with Crippen molar-refractivity contribution in [1.82, 2.24) is 9.88 Å². The van der Waals surface area contributed by atoms with Gasteiger partial charge in [-0.3, -0.25) is 4.90 Å². The molecular weight excluding hydrogens is 492 g/mol. The van der Waals surface area contributed by atoms with Crippen LogP contribution in [0, 0.1) is 0 Å². The van der Waals surface area contributed by atoms with Gasteiger partial charge in [-0.05, 0) is 74.0 Å². The monoisotopic (exact) mass is 515 g/mol. The predicted octanol–water partition coefficient (Wildman–Crippen LogP) is 8.28. The lowest BCUT2D eigenvalue weighted by Crippen LogP contribution is -2.18. The van der Waals surface area contributed by atoms with Gasteiger partial charge in [0.25, 0.3) is 0 Å². The largest absolute Gasteiger partial charge is 0.416 e. The molecule has 3 aromatic carbocycles. The highest BCUT2D eigenvalue weighted by Gasteiger charge is 2.37. The fourth-order valence-corrected chi connectivity index (χ4v) is 4.63. The summed E-state index contributed by atoms with van der Waals surface area (Å²) in [4.78, 5) is 6.76. The first-order valence-corrected chi connectivity index (χ1v) is 11.8. The summed E-state index contributed by atoms with van der Waals surface area (Å²) >= 11 is 0. The summed E-state index contributed by atoms with van der Waals surface area (Å²) in [5.41, 5.74) is -0.165. The number of alkyl halides is 6. The van der Waals surface area contributed by atoms with Gasteiger partial charge in [-0.25, -0.2) is 4.98 Å².